The van der Waals surface area contributed by atoms with Crippen LogP contribution >= 0.6 is 0 Å². The Morgan fingerprint density at radius 1 is 1.29 bits per heavy atom. The van der Waals surface area contributed by atoms with Crippen LogP contribution in [0, 0.1) is 0 Å². The third kappa shape index (κ3) is 3.32. The van der Waals surface area contributed by atoms with Gasteiger partial charge in [-0.1, -0.05) is 24.3 Å². The number of alkyl halides is 3. The molecule has 24 heavy (non-hydrogen) atoms. The van der Waals surface area contributed by atoms with E-state index in [1.165, 1.54) is 6.20 Å². The molecule has 2 amide bonds. The number of hydrogen-bond acceptors (Lipinski definition) is 3. The normalized spacial score (nSPS) is 18.2. The number of carbonyl (C=O) groups excluding carboxylic acids is 2. The van der Waals surface area contributed by atoms with Crippen LogP contribution in [-0.4, -0.2) is 47.0 Å². The van der Waals surface area contributed by atoms with Gasteiger partial charge in [0.05, 0.1) is 0 Å². The summed E-state index contributed by atoms with van der Waals surface area (Å²) in [6.45, 7) is -1.34. The summed E-state index contributed by atoms with van der Waals surface area (Å²) in [4.78, 5) is 29.1. The summed E-state index contributed by atoms with van der Waals surface area (Å²) >= 11 is 0. The van der Waals surface area contributed by atoms with Crippen molar-refractivity contribution in [2.45, 2.75) is 18.6 Å². The summed E-state index contributed by atoms with van der Waals surface area (Å²) in [5.74, 6) is -1.29. The lowest BCUT2D eigenvalue weighted by Crippen LogP contribution is -2.44. The van der Waals surface area contributed by atoms with E-state index in [1.807, 2.05) is 12.1 Å². The molecular weight excluding hydrogens is 323 g/mol. The lowest BCUT2D eigenvalue weighted by atomic mass is 10.1. The van der Waals surface area contributed by atoms with Crippen LogP contribution in [0.5, 0.6) is 0 Å². The van der Waals surface area contributed by atoms with Gasteiger partial charge in [0, 0.05) is 18.1 Å². The molecule has 5 nitrogen and oxygen atoms in total. The Balaban J connectivity index is 1.74. The van der Waals surface area contributed by atoms with Gasteiger partial charge in [0.1, 0.15) is 18.3 Å². The van der Waals surface area contributed by atoms with Gasteiger partial charge < -0.3 is 10.2 Å². The smallest absolute Gasteiger partial charge is 0.339 e. The Kier molecular flexibility index (Phi) is 4.13. The van der Waals surface area contributed by atoms with E-state index in [1.54, 1.807) is 18.2 Å². The molecule has 2 aromatic rings. The fraction of sp³-hybridized carbons (Fsp3) is 0.312. The van der Waals surface area contributed by atoms with Crippen LogP contribution in [0.4, 0.5) is 13.2 Å². The average molecular weight is 337 g/mol. The van der Waals surface area contributed by atoms with Crippen molar-refractivity contribution in [3.05, 3.63) is 42.2 Å². The number of aromatic nitrogens is 1. The van der Waals surface area contributed by atoms with Crippen molar-refractivity contribution in [2.24, 2.45) is 0 Å². The summed E-state index contributed by atoms with van der Waals surface area (Å²) in [6, 6.07) is 7.91. The van der Waals surface area contributed by atoms with Gasteiger partial charge in [-0.05, 0) is 17.9 Å². The number of amides is 2. The molecule has 3 rings (SSSR count). The molecule has 1 aliphatic rings. The first-order chi connectivity index (χ1) is 11.3. The molecule has 0 aliphatic carbocycles. The second kappa shape index (κ2) is 6.10. The van der Waals surface area contributed by atoms with E-state index in [2.05, 4.69) is 10.3 Å². The second-order valence-corrected chi connectivity index (χ2v) is 5.57. The van der Waals surface area contributed by atoms with Crippen LogP contribution < -0.4 is 5.32 Å². The molecule has 2 heterocycles. The van der Waals surface area contributed by atoms with E-state index < -0.39 is 30.6 Å². The molecule has 126 valence electrons. The predicted molar refractivity (Wildman–Crippen MR) is 80.2 cm³/mol. The standard InChI is InChI=1S/C16H14F3N3O2/c17-16(18,19)9-22-8-6-12(15(22)24)21-14(23)13-11-4-2-1-3-10(11)5-7-20-13/h1-5,7,12H,6,8-9H2,(H,21,23). The zero-order valence-electron chi connectivity index (χ0n) is 12.5. The number of nitrogens with zero attached hydrogens (tertiary/aromatic N) is 2. The van der Waals surface area contributed by atoms with Gasteiger partial charge in [-0.25, -0.2) is 0 Å². The minimum Gasteiger partial charge on any atom is -0.339 e. The predicted octanol–water partition coefficient (Wildman–Crippen LogP) is 2.13. The maximum Gasteiger partial charge on any atom is 0.406 e. The number of benzene rings is 1. The summed E-state index contributed by atoms with van der Waals surface area (Å²) < 4.78 is 37.3. The summed E-state index contributed by atoms with van der Waals surface area (Å²) in [5.41, 5.74) is 0.148. The van der Waals surface area contributed by atoms with Crippen molar-refractivity contribution in [1.29, 1.82) is 0 Å². The number of fused-ring (bicyclic) bond motifs is 1. The number of nitrogens with one attached hydrogen (secondary N) is 1. The highest BCUT2D eigenvalue weighted by Gasteiger charge is 2.40. The Morgan fingerprint density at radius 2 is 2.04 bits per heavy atom. The number of pyridine rings is 1. The molecule has 8 heteroatoms. The molecule has 1 aromatic carbocycles. The zero-order chi connectivity index (χ0) is 17.3. The van der Waals surface area contributed by atoms with Gasteiger partial charge in [0.2, 0.25) is 5.91 Å². The number of carbonyl (C=O) groups is 2. The van der Waals surface area contributed by atoms with E-state index in [-0.39, 0.29) is 18.7 Å². The lowest BCUT2D eigenvalue weighted by Gasteiger charge is -2.18. The first-order valence-electron chi connectivity index (χ1n) is 7.35. The fourth-order valence-corrected chi connectivity index (χ4v) is 2.77. The van der Waals surface area contributed by atoms with Crippen molar-refractivity contribution in [3.8, 4) is 0 Å². The molecule has 1 unspecified atom stereocenters. The van der Waals surface area contributed by atoms with E-state index in [0.29, 0.717) is 10.3 Å². The molecule has 1 fully saturated rings. The fourth-order valence-electron chi connectivity index (χ4n) is 2.77. The molecule has 1 atom stereocenters. The van der Waals surface area contributed by atoms with Crippen molar-refractivity contribution in [3.63, 3.8) is 0 Å². The van der Waals surface area contributed by atoms with Crippen LogP contribution in [0.1, 0.15) is 16.9 Å². The Hall–Kier alpha value is -2.64. The molecule has 1 N–H and O–H groups in total. The van der Waals surface area contributed by atoms with Gasteiger partial charge in [-0.15, -0.1) is 0 Å². The van der Waals surface area contributed by atoms with Crippen molar-refractivity contribution >= 4 is 22.6 Å². The monoisotopic (exact) mass is 337 g/mol. The summed E-state index contributed by atoms with van der Waals surface area (Å²) in [6.07, 6.45) is -2.83. The van der Waals surface area contributed by atoms with Crippen LogP contribution in [0.2, 0.25) is 0 Å². The molecule has 0 bridgehead atoms. The minimum atomic E-state index is -4.45. The van der Waals surface area contributed by atoms with Gasteiger partial charge in [-0.2, -0.15) is 13.2 Å². The molecular formula is C16H14F3N3O2. The molecule has 0 spiro atoms. The molecule has 1 aromatic heterocycles. The third-order valence-corrected chi connectivity index (χ3v) is 3.86. The minimum absolute atomic E-state index is 0.0355. The van der Waals surface area contributed by atoms with Crippen LogP contribution in [0.15, 0.2) is 36.5 Å². The highest BCUT2D eigenvalue weighted by molar-refractivity contribution is 6.06. The SMILES string of the molecule is O=C(NC1CCN(CC(F)(F)F)C1=O)c1nccc2ccccc12. The van der Waals surface area contributed by atoms with Gasteiger partial charge in [0.15, 0.2) is 0 Å². The average Bonchev–Trinajstić information content (AvgIpc) is 2.86. The van der Waals surface area contributed by atoms with Crippen molar-refractivity contribution in [1.82, 2.24) is 15.2 Å². The summed E-state index contributed by atoms with van der Waals surface area (Å²) in [5, 5.41) is 3.93. The highest BCUT2D eigenvalue weighted by Crippen LogP contribution is 2.21. The van der Waals surface area contributed by atoms with Crippen LogP contribution in [-0.2, 0) is 4.79 Å². The van der Waals surface area contributed by atoms with E-state index >= 15 is 0 Å². The molecule has 0 saturated carbocycles. The van der Waals surface area contributed by atoms with Crippen LogP contribution in [0.3, 0.4) is 0 Å². The largest absolute Gasteiger partial charge is 0.406 e. The van der Waals surface area contributed by atoms with Crippen molar-refractivity contribution in [2.75, 3.05) is 13.1 Å². The first kappa shape index (κ1) is 16.2. The highest BCUT2D eigenvalue weighted by atomic mass is 19.4. The number of rotatable bonds is 3. The maximum absolute atomic E-state index is 12.4. The van der Waals surface area contributed by atoms with Gasteiger partial charge in [0.25, 0.3) is 5.91 Å². The summed E-state index contributed by atoms with van der Waals surface area (Å²) in [7, 11) is 0. The van der Waals surface area contributed by atoms with E-state index in [0.717, 1.165) is 5.39 Å². The number of halogens is 3. The Bertz CT molecular complexity index is 786. The van der Waals surface area contributed by atoms with E-state index in [4.69, 9.17) is 0 Å². The van der Waals surface area contributed by atoms with Gasteiger partial charge in [-0.3, -0.25) is 14.6 Å². The first-order valence-corrected chi connectivity index (χ1v) is 7.35. The lowest BCUT2D eigenvalue weighted by molar-refractivity contribution is -0.157. The van der Waals surface area contributed by atoms with E-state index in [9.17, 15) is 22.8 Å². The Morgan fingerprint density at radius 3 is 2.79 bits per heavy atom. The Labute approximate surface area is 135 Å². The quantitative estimate of drug-likeness (QED) is 0.933. The topological polar surface area (TPSA) is 62.3 Å². The number of likely N-dealkylation sites (tertiary alicyclic amines) is 1. The molecule has 1 aliphatic heterocycles. The molecule has 1 saturated heterocycles. The third-order valence-electron chi connectivity index (χ3n) is 3.86. The molecule has 0 radical (unpaired) electrons. The van der Waals surface area contributed by atoms with Crippen LogP contribution in [0.25, 0.3) is 10.8 Å². The second-order valence-electron chi connectivity index (χ2n) is 5.57. The number of hydrogen-bond donors (Lipinski definition) is 1. The van der Waals surface area contributed by atoms with Crippen molar-refractivity contribution < 1.29 is 22.8 Å². The maximum atomic E-state index is 12.4. The van der Waals surface area contributed by atoms with Gasteiger partial charge >= 0.3 is 6.18 Å². The zero-order valence-corrected chi connectivity index (χ0v) is 12.5.